The Morgan fingerprint density at radius 2 is 1.67 bits per heavy atom. The number of carbonyl (C=O) groups is 1. The summed E-state index contributed by atoms with van der Waals surface area (Å²) in [7, 11) is 6.60. The number of rotatable bonds is 11. The van der Waals surface area contributed by atoms with E-state index in [9.17, 15) is 4.79 Å². The number of nitrogens with zero attached hydrogens (tertiary/aromatic N) is 4. The molecule has 0 radical (unpaired) electrons. The maximum atomic E-state index is 12.5. The van der Waals surface area contributed by atoms with Crippen molar-refractivity contribution in [1.82, 2.24) is 25.1 Å². The molecule has 0 fully saturated rings. The number of nitrogens with one attached hydrogen (secondary N) is 2. The molecule has 0 aliphatic carbocycles. The largest absolute Gasteiger partial charge is 0.493 e. The topological polar surface area (TPSA) is 112 Å². The van der Waals surface area contributed by atoms with Gasteiger partial charge >= 0.3 is 0 Å². The molecule has 206 valence electrons. The Morgan fingerprint density at radius 3 is 2.23 bits per heavy atom. The Kier molecular flexibility index (Phi) is 8.53. The van der Waals surface area contributed by atoms with Crippen LogP contribution in [0.15, 0.2) is 36.4 Å². The Labute approximate surface area is 228 Å². The van der Waals surface area contributed by atoms with Crippen molar-refractivity contribution in [3.8, 4) is 28.6 Å². The van der Waals surface area contributed by atoms with Crippen molar-refractivity contribution < 1.29 is 19.0 Å². The molecule has 2 aromatic heterocycles. The number of amides is 1. The molecular formula is C29H36N6O4. The molecule has 10 nitrogen and oxygen atoms in total. The van der Waals surface area contributed by atoms with Crippen molar-refractivity contribution in [2.75, 3.05) is 33.2 Å². The number of hydrogen-bond donors (Lipinski definition) is 2. The average molecular weight is 533 g/mol. The Hall–Kier alpha value is -4.34. The lowest BCUT2D eigenvalue weighted by atomic mass is 10.1. The van der Waals surface area contributed by atoms with Gasteiger partial charge in [-0.15, -0.1) is 0 Å². The van der Waals surface area contributed by atoms with Crippen LogP contribution >= 0.6 is 0 Å². The van der Waals surface area contributed by atoms with Crippen molar-refractivity contribution in [3.63, 3.8) is 0 Å². The summed E-state index contributed by atoms with van der Waals surface area (Å²) < 4.78 is 18.4. The van der Waals surface area contributed by atoms with Crippen LogP contribution in [-0.4, -0.2) is 53.5 Å². The normalized spacial score (nSPS) is 11.1. The van der Waals surface area contributed by atoms with E-state index in [0.717, 1.165) is 35.3 Å². The minimum absolute atomic E-state index is 0.0970. The van der Waals surface area contributed by atoms with Crippen LogP contribution < -0.4 is 24.8 Å². The van der Waals surface area contributed by atoms with Crippen LogP contribution in [0.1, 0.15) is 43.2 Å². The van der Waals surface area contributed by atoms with Crippen LogP contribution in [0.2, 0.25) is 0 Å². The molecule has 0 unspecified atom stereocenters. The molecule has 1 amide bonds. The first kappa shape index (κ1) is 27.7. The first-order valence-electron chi connectivity index (χ1n) is 13.0. The van der Waals surface area contributed by atoms with E-state index >= 15 is 0 Å². The third-order valence-electron chi connectivity index (χ3n) is 6.24. The summed E-state index contributed by atoms with van der Waals surface area (Å²) in [5.41, 5.74) is 4.53. The number of ether oxygens (including phenoxy) is 3. The highest BCUT2D eigenvalue weighted by Crippen LogP contribution is 2.41. The summed E-state index contributed by atoms with van der Waals surface area (Å²) >= 11 is 0. The standard InChI is InChI=1S/C29H36N6O4/c1-8-9-21-24-25(35(4)34-21)28(31-20-12-10-18(11-13-20)29(36)30-16-17(2)3)33-27(32-24)19-14-22(37-5)26(39-7)23(15-19)38-6/h10-15,17H,8-9,16H2,1-7H3,(H,30,36)(H,31,32,33). The number of aromatic nitrogens is 4. The van der Waals surface area contributed by atoms with Gasteiger partial charge in [-0.1, -0.05) is 27.2 Å². The zero-order valence-electron chi connectivity index (χ0n) is 23.6. The predicted molar refractivity (Wildman–Crippen MR) is 152 cm³/mol. The van der Waals surface area contributed by atoms with Gasteiger partial charge in [0.15, 0.2) is 23.1 Å². The summed E-state index contributed by atoms with van der Waals surface area (Å²) in [5, 5.41) is 11.1. The van der Waals surface area contributed by atoms with Crippen molar-refractivity contribution in [3.05, 3.63) is 47.7 Å². The van der Waals surface area contributed by atoms with Crippen LogP contribution in [0.4, 0.5) is 11.5 Å². The molecule has 0 bridgehead atoms. The van der Waals surface area contributed by atoms with Crippen molar-refractivity contribution in [2.45, 2.75) is 33.6 Å². The van der Waals surface area contributed by atoms with Crippen LogP contribution in [0.3, 0.4) is 0 Å². The quantitative estimate of drug-likeness (QED) is 0.273. The first-order chi connectivity index (χ1) is 18.8. The number of hydrogen-bond acceptors (Lipinski definition) is 8. The molecular weight excluding hydrogens is 496 g/mol. The molecule has 0 spiro atoms. The summed E-state index contributed by atoms with van der Waals surface area (Å²) in [5.74, 6) is 2.88. The second-order valence-electron chi connectivity index (χ2n) is 9.63. The number of anilines is 2. The summed E-state index contributed by atoms with van der Waals surface area (Å²) in [6, 6.07) is 11.0. The lowest BCUT2D eigenvalue weighted by Crippen LogP contribution is -2.27. The third kappa shape index (κ3) is 5.89. The zero-order valence-corrected chi connectivity index (χ0v) is 23.6. The van der Waals surface area contributed by atoms with Gasteiger partial charge in [-0.25, -0.2) is 9.97 Å². The predicted octanol–water partition coefficient (Wildman–Crippen LogP) is 5.14. The van der Waals surface area contributed by atoms with E-state index in [0.29, 0.717) is 52.5 Å². The molecule has 2 heterocycles. The SMILES string of the molecule is CCCc1nn(C)c2c(Nc3ccc(C(=O)NCC(C)C)cc3)nc(-c3cc(OC)c(OC)c(OC)c3)nc12. The number of aryl methyl sites for hydroxylation is 2. The summed E-state index contributed by atoms with van der Waals surface area (Å²) in [6.07, 6.45) is 1.71. The van der Waals surface area contributed by atoms with Gasteiger partial charge in [0.1, 0.15) is 11.0 Å². The van der Waals surface area contributed by atoms with Crippen molar-refractivity contribution >= 4 is 28.4 Å². The molecule has 0 saturated carbocycles. The third-order valence-corrected chi connectivity index (χ3v) is 6.24. The van der Waals surface area contributed by atoms with Crippen LogP contribution in [0.5, 0.6) is 17.2 Å². The highest BCUT2D eigenvalue weighted by molar-refractivity contribution is 5.95. The molecule has 10 heteroatoms. The van der Waals surface area contributed by atoms with E-state index < -0.39 is 0 Å². The molecule has 4 rings (SSSR count). The number of benzene rings is 2. The molecule has 0 atom stereocenters. The second kappa shape index (κ2) is 12.0. The van der Waals surface area contributed by atoms with Gasteiger partial charge in [0, 0.05) is 30.4 Å². The first-order valence-corrected chi connectivity index (χ1v) is 13.0. The number of methoxy groups -OCH3 is 3. The maximum absolute atomic E-state index is 12.5. The van der Waals surface area contributed by atoms with Crippen LogP contribution in [0, 0.1) is 5.92 Å². The van der Waals surface area contributed by atoms with E-state index in [-0.39, 0.29) is 5.91 Å². The molecule has 0 aliphatic rings. The lowest BCUT2D eigenvalue weighted by Gasteiger charge is -2.15. The Bertz CT molecular complexity index is 1440. The van der Waals surface area contributed by atoms with E-state index in [1.54, 1.807) is 38.1 Å². The molecule has 4 aromatic rings. The smallest absolute Gasteiger partial charge is 0.251 e. The Morgan fingerprint density at radius 1 is 1.00 bits per heavy atom. The van der Waals surface area contributed by atoms with E-state index in [2.05, 4.69) is 31.4 Å². The maximum Gasteiger partial charge on any atom is 0.251 e. The molecule has 2 aromatic carbocycles. The lowest BCUT2D eigenvalue weighted by molar-refractivity contribution is 0.0949. The fourth-order valence-electron chi connectivity index (χ4n) is 4.31. The van der Waals surface area contributed by atoms with E-state index in [4.69, 9.17) is 29.3 Å². The van der Waals surface area contributed by atoms with E-state index in [1.165, 1.54) is 0 Å². The highest BCUT2D eigenvalue weighted by atomic mass is 16.5. The summed E-state index contributed by atoms with van der Waals surface area (Å²) in [4.78, 5) is 22.3. The van der Waals surface area contributed by atoms with Crippen LogP contribution in [-0.2, 0) is 13.5 Å². The minimum Gasteiger partial charge on any atom is -0.493 e. The number of carbonyl (C=O) groups excluding carboxylic acids is 1. The van der Waals surface area contributed by atoms with Crippen LogP contribution in [0.25, 0.3) is 22.4 Å². The van der Waals surface area contributed by atoms with Gasteiger partial charge in [0.2, 0.25) is 5.75 Å². The molecule has 0 aliphatic heterocycles. The van der Waals surface area contributed by atoms with Gasteiger partial charge in [0.25, 0.3) is 5.91 Å². The van der Waals surface area contributed by atoms with Crippen molar-refractivity contribution in [2.24, 2.45) is 13.0 Å². The molecule has 39 heavy (non-hydrogen) atoms. The summed E-state index contributed by atoms with van der Waals surface area (Å²) in [6.45, 7) is 6.86. The van der Waals surface area contributed by atoms with Gasteiger partial charge in [0.05, 0.1) is 27.0 Å². The van der Waals surface area contributed by atoms with Crippen molar-refractivity contribution in [1.29, 1.82) is 0 Å². The molecule has 0 saturated heterocycles. The Balaban J connectivity index is 1.79. The van der Waals surface area contributed by atoms with Gasteiger partial charge < -0.3 is 24.8 Å². The second-order valence-corrected chi connectivity index (χ2v) is 9.63. The van der Waals surface area contributed by atoms with E-state index in [1.807, 2.05) is 31.3 Å². The van der Waals surface area contributed by atoms with Gasteiger partial charge in [-0.2, -0.15) is 5.10 Å². The van der Waals surface area contributed by atoms with Gasteiger partial charge in [-0.3, -0.25) is 9.48 Å². The fraction of sp³-hybridized carbons (Fsp3) is 0.379. The zero-order chi connectivity index (χ0) is 28.1. The van der Waals surface area contributed by atoms with Gasteiger partial charge in [-0.05, 0) is 48.7 Å². The fourth-order valence-corrected chi connectivity index (χ4v) is 4.31. The highest BCUT2D eigenvalue weighted by Gasteiger charge is 2.21. The minimum atomic E-state index is -0.0970. The number of fused-ring (bicyclic) bond motifs is 1. The molecule has 2 N–H and O–H groups in total. The average Bonchev–Trinajstić information content (AvgIpc) is 3.26. The monoisotopic (exact) mass is 532 g/mol.